The van der Waals surface area contributed by atoms with E-state index in [0.29, 0.717) is 0 Å². The molecular weight excluding hydrogens is 226 g/mol. The summed E-state index contributed by atoms with van der Waals surface area (Å²) in [5.74, 6) is 0. The Morgan fingerprint density at radius 1 is 1.31 bits per heavy atom. The second kappa shape index (κ2) is 5.95. The SMILES string of the molecule is [CH2]CNC/C=C/c1ccc(Br)cc1. The maximum Gasteiger partial charge on any atom is 0.0175 e. The van der Waals surface area contributed by atoms with Gasteiger partial charge < -0.3 is 5.32 Å². The summed E-state index contributed by atoms with van der Waals surface area (Å²) in [4.78, 5) is 0. The summed E-state index contributed by atoms with van der Waals surface area (Å²) in [5.41, 5.74) is 1.22. The first-order chi connectivity index (χ1) is 6.33. The molecule has 1 aromatic carbocycles. The van der Waals surface area contributed by atoms with Crippen LogP contribution in [0.25, 0.3) is 6.08 Å². The van der Waals surface area contributed by atoms with Crippen molar-refractivity contribution in [1.82, 2.24) is 5.32 Å². The van der Waals surface area contributed by atoms with E-state index in [2.05, 4.69) is 52.5 Å². The summed E-state index contributed by atoms with van der Waals surface area (Å²) in [6.07, 6.45) is 4.18. The van der Waals surface area contributed by atoms with Gasteiger partial charge in [-0.1, -0.05) is 40.2 Å². The summed E-state index contributed by atoms with van der Waals surface area (Å²) in [7, 11) is 0. The minimum absolute atomic E-state index is 0.769. The van der Waals surface area contributed by atoms with Crippen LogP contribution in [0.2, 0.25) is 0 Å². The largest absolute Gasteiger partial charge is 0.313 e. The minimum atomic E-state index is 0.769. The van der Waals surface area contributed by atoms with Crippen molar-refractivity contribution in [2.24, 2.45) is 0 Å². The molecule has 0 unspecified atom stereocenters. The molecule has 1 aromatic rings. The molecule has 0 fully saturated rings. The Balaban J connectivity index is 2.44. The fourth-order valence-electron chi connectivity index (χ4n) is 0.954. The summed E-state index contributed by atoms with van der Waals surface area (Å²) in [5, 5.41) is 3.12. The highest BCUT2D eigenvalue weighted by Crippen LogP contribution is 2.11. The highest BCUT2D eigenvalue weighted by Gasteiger charge is 1.86. The van der Waals surface area contributed by atoms with Crippen molar-refractivity contribution in [1.29, 1.82) is 0 Å². The smallest absolute Gasteiger partial charge is 0.0175 e. The van der Waals surface area contributed by atoms with Gasteiger partial charge in [0.25, 0.3) is 0 Å². The summed E-state index contributed by atoms with van der Waals surface area (Å²) >= 11 is 3.39. The topological polar surface area (TPSA) is 12.0 Å². The lowest BCUT2D eigenvalue weighted by atomic mass is 10.2. The molecule has 1 rings (SSSR count). The molecule has 0 aliphatic rings. The van der Waals surface area contributed by atoms with E-state index in [0.717, 1.165) is 17.6 Å². The van der Waals surface area contributed by atoms with Crippen molar-refractivity contribution in [3.05, 3.63) is 47.3 Å². The van der Waals surface area contributed by atoms with E-state index in [-0.39, 0.29) is 0 Å². The Morgan fingerprint density at radius 2 is 2.00 bits per heavy atom. The Kier molecular flexibility index (Phi) is 4.79. The summed E-state index contributed by atoms with van der Waals surface area (Å²) < 4.78 is 1.11. The van der Waals surface area contributed by atoms with E-state index in [9.17, 15) is 0 Å². The Labute approximate surface area is 88.0 Å². The zero-order chi connectivity index (χ0) is 9.52. The summed E-state index contributed by atoms with van der Waals surface area (Å²) in [6, 6.07) is 8.22. The predicted molar refractivity (Wildman–Crippen MR) is 61.4 cm³/mol. The lowest BCUT2D eigenvalue weighted by Crippen LogP contribution is -2.11. The van der Waals surface area contributed by atoms with E-state index < -0.39 is 0 Å². The first-order valence-electron chi connectivity index (χ1n) is 4.25. The Hall–Kier alpha value is -0.600. The first-order valence-corrected chi connectivity index (χ1v) is 5.04. The van der Waals surface area contributed by atoms with Crippen LogP contribution in [-0.4, -0.2) is 13.1 Å². The lowest BCUT2D eigenvalue weighted by Gasteiger charge is -1.95. The quantitative estimate of drug-likeness (QED) is 0.796. The minimum Gasteiger partial charge on any atom is -0.313 e. The molecule has 0 saturated carbocycles. The number of halogens is 1. The van der Waals surface area contributed by atoms with Gasteiger partial charge in [0.2, 0.25) is 0 Å². The average molecular weight is 239 g/mol. The zero-order valence-electron chi connectivity index (χ0n) is 7.46. The molecule has 0 atom stereocenters. The van der Waals surface area contributed by atoms with E-state index >= 15 is 0 Å². The standard InChI is InChI=1S/C11H13BrN/c1-2-13-9-3-4-10-5-7-11(12)8-6-10/h3-8,13H,1-2,9H2/b4-3+. The number of nitrogens with one attached hydrogen (secondary N) is 1. The number of benzene rings is 1. The van der Waals surface area contributed by atoms with Crippen LogP contribution in [0.4, 0.5) is 0 Å². The van der Waals surface area contributed by atoms with Gasteiger partial charge in [-0.3, -0.25) is 0 Å². The molecule has 0 aliphatic heterocycles. The monoisotopic (exact) mass is 238 g/mol. The van der Waals surface area contributed by atoms with E-state index in [1.807, 2.05) is 12.1 Å². The zero-order valence-corrected chi connectivity index (χ0v) is 9.05. The van der Waals surface area contributed by atoms with Crippen molar-refractivity contribution < 1.29 is 0 Å². The third kappa shape index (κ3) is 4.25. The van der Waals surface area contributed by atoms with Gasteiger partial charge in [-0.2, -0.15) is 0 Å². The molecule has 0 aromatic heterocycles. The molecule has 2 heteroatoms. The maximum absolute atomic E-state index is 3.69. The molecule has 0 spiro atoms. The van der Waals surface area contributed by atoms with Crippen molar-refractivity contribution >= 4 is 22.0 Å². The molecule has 13 heavy (non-hydrogen) atoms. The molecule has 1 nitrogen and oxygen atoms in total. The molecule has 1 N–H and O–H groups in total. The van der Waals surface area contributed by atoms with Gasteiger partial charge in [0.05, 0.1) is 0 Å². The van der Waals surface area contributed by atoms with Gasteiger partial charge in [-0.15, -0.1) is 0 Å². The highest BCUT2D eigenvalue weighted by atomic mass is 79.9. The first kappa shape index (κ1) is 10.5. The van der Waals surface area contributed by atoms with Gasteiger partial charge in [-0.25, -0.2) is 0 Å². The van der Waals surface area contributed by atoms with Crippen LogP contribution < -0.4 is 5.32 Å². The highest BCUT2D eigenvalue weighted by molar-refractivity contribution is 9.10. The third-order valence-electron chi connectivity index (χ3n) is 1.62. The molecular formula is C11H13BrN. The normalized spacial score (nSPS) is 10.9. The number of rotatable bonds is 4. The van der Waals surface area contributed by atoms with Crippen LogP contribution >= 0.6 is 15.9 Å². The number of hydrogen-bond donors (Lipinski definition) is 1. The molecule has 0 saturated heterocycles. The van der Waals surface area contributed by atoms with Gasteiger partial charge >= 0.3 is 0 Å². The van der Waals surface area contributed by atoms with Crippen LogP contribution in [0, 0.1) is 6.92 Å². The Morgan fingerprint density at radius 3 is 2.62 bits per heavy atom. The molecule has 0 bridgehead atoms. The molecule has 1 radical (unpaired) electrons. The fraction of sp³-hybridized carbons (Fsp3) is 0.182. The molecule has 0 heterocycles. The van der Waals surface area contributed by atoms with Crippen LogP contribution in [0.5, 0.6) is 0 Å². The molecule has 69 valence electrons. The summed E-state index contributed by atoms with van der Waals surface area (Å²) in [6.45, 7) is 5.33. The predicted octanol–water partition coefficient (Wildman–Crippen LogP) is 2.89. The van der Waals surface area contributed by atoms with E-state index in [1.54, 1.807) is 0 Å². The van der Waals surface area contributed by atoms with Crippen LogP contribution in [0.1, 0.15) is 5.56 Å². The molecule has 0 aliphatic carbocycles. The van der Waals surface area contributed by atoms with Crippen LogP contribution in [-0.2, 0) is 0 Å². The lowest BCUT2D eigenvalue weighted by molar-refractivity contribution is 0.843. The average Bonchev–Trinajstić information content (AvgIpc) is 2.15. The van der Waals surface area contributed by atoms with Gasteiger partial charge in [0.1, 0.15) is 0 Å². The number of hydrogen-bond acceptors (Lipinski definition) is 1. The molecule has 0 amide bonds. The van der Waals surface area contributed by atoms with Crippen molar-refractivity contribution in [2.45, 2.75) is 0 Å². The van der Waals surface area contributed by atoms with Crippen molar-refractivity contribution in [2.75, 3.05) is 13.1 Å². The van der Waals surface area contributed by atoms with E-state index in [1.165, 1.54) is 5.56 Å². The fourth-order valence-corrected chi connectivity index (χ4v) is 1.22. The van der Waals surface area contributed by atoms with Gasteiger partial charge in [-0.05, 0) is 31.2 Å². The van der Waals surface area contributed by atoms with E-state index in [4.69, 9.17) is 0 Å². The van der Waals surface area contributed by atoms with Gasteiger partial charge in [0.15, 0.2) is 0 Å². The maximum atomic E-state index is 3.69. The third-order valence-corrected chi connectivity index (χ3v) is 2.15. The second-order valence-electron chi connectivity index (χ2n) is 2.66. The second-order valence-corrected chi connectivity index (χ2v) is 3.57. The van der Waals surface area contributed by atoms with Gasteiger partial charge in [0, 0.05) is 11.0 Å². The van der Waals surface area contributed by atoms with Crippen molar-refractivity contribution in [3.63, 3.8) is 0 Å². The van der Waals surface area contributed by atoms with Crippen LogP contribution in [0.15, 0.2) is 34.8 Å². The van der Waals surface area contributed by atoms with Crippen LogP contribution in [0.3, 0.4) is 0 Å². The Bertz CT molecular complexity index is 264. The van der Waals surface area contributed by atoms with Crippen molar-refractivity contribution in [3.8, 4) is 0 Å².